The highest BCUT2D eigenvalue weighted by atomic mass is 19.1. The summed E-state index contributed by atoms with van der Waals surface area (Å²) in [6, 6.07) is 8.00. The maximum Gasteiger partial charge on any atom is 0.157 e. The molecule has 0 saturated heterocycles. The molecule has 0 radical (unpaired) electrons. The summed E-state index contributed by atoms with van der Waals surface area (Å²) in [6.07, 6.45) is 3.32. The lowest BCUT2D eigenvalue weighted by molar-refractivity contribution is -0.123. The number of carbonyl (C=O) groups is 1. The number of Topliss-reactive ketones (excluding diaryl/α,β-unsaturated/α-hetero) is 1. The molecule has 102 valence electrons. The highest BCUT2D eigenvalue weighted by Gasteiger charge is 2.28. The number of hydrogen-bond donors (Lipinski definition) is 0. The van der Waals surface area contributed by atoms with Crippen molar-refractivity contribution in [2.24, 2.45) is 5.92 Å². The normalized spacial score (nSPS) is 12.2. The van der Waals surface area contributed by atoms with Crippen LogP contribution in [0.3, 0.4) is 0 Å². The SMILES string of the molecule is CCCC(CCC)C(=O)C(C#N)c1ccccc1F. The van der Waals surface area contributed by atoms with Crippen molar-refractivity contribution in [3.63, 3.8) is 0 Å². The maximum atomic E-state index is 13.7. The minimum absolute atomic E-state index is 0.140. The molecule has 1 aromatic carbocycles. The quantitative estimate of drug-likeness (QED) is 0.737. The molecule has 3 heteroatoms. The van der Waals surface area contributed by atoms with Crippen molar-refractivity contribution in [2.45, 2.75) is 45.4 Å². The molecule has 1 atom stereocenters. The van der Waals surface area contributed by atoms with Gasteiger partial charge in [-0.25, -0.2) is 4.39 Å². The molecule has 0 amide bonds. The number of benzene rings is 1. The summed E-state index contributed by atoms with van der Waals surface area (Å²) in [7, 11) is 0. The summed E-state index contributed by atoms with van der Waals surface area (Å²) < 4.78 is 13.7. The first-order valence-electron chi connectivity index (χ1n) is 6.83. The standard InChI is InChI=1S/C16H20FNO/c1-3-7-12(8-4-2)16(19)14(11-18)13-9-5-6-10-15(13)17/h5-6,9-10,12,14H,3-4,7-8H2,1-2H3. The van der Waals surface area contributed by atoms with Crippen LogP contribution in [-0.4, -0.2) is 5.78 Å². The highest BCUT2D eigenvalue weighted by molar-refractivity contribution is 5.90. The molecule has 1 unspecified atom stereocenters. The second-order valence-electron chi connectivity index (χ2n) is 4.76. The smallest absolute Gasteiger partial charge is 0.157 e. The summed E-state index contributed by atoms with van der Waals surface area (Å²) in [6.45, 7) is 4.03. The number of ketones is 1. The zero-order chi connectivity index (χ0) is 14.3. The van der Waals surface area contributed by atoms with Crippen LogP contribution in [0.5, 0.6) is 0 Å². The first-order valence-corrected chi connectivity index (χ1v) is 6.83. The van der Waals surface area contributed by atoms with Crippen LogP contribution in [-0.2, 0) is 4.79 Å². The third kappa shape index (κ3) is 3.89. The molecule has 1 rings (SSSR count). The fourth-order valence-corrected chi connectivity index (χ4v) is 2.36. The van der Waals surface area contributed by atoms with Crippen molar-refractivity contribution in [1.29, 1.82) is 5.26 Å². The Balaban J connectivity index is 2.99. The Morgan fingerprint density at radius 3 is 2.32 bits per heavy atom. The average Bonchev–Trinajstić information content (AvgIpc) is 2.41. The van der Waals surface area contributed by atoms with Gasteiger partial charge in [-0.2, -0.15) is 5.26 Å². The van der Waals surface area contributed by atoms with Crippen molar-refractivity contribution in [3.8, 4) is 6.07 Å². The van der Waals surface area contributed by atoms with Gasteiger partial charge in [-0.3, -0.25) is 4.79 Å². The fraction of sp³-hybridized carbons (Fsp3) is 0.500. The number of carbonyl (C=O) groups excluding carboxylic acids is 1. The van der Waals surface area contributed by atoms with Gasteiger partial charge in [-0.15, -0.1) is 0 Å². The van der Waals surface area contributed by atoms with Crippen molar-refractivity contribution in [3.05, 3.63) is 35.6 Å². The van der Waals surface area contributed by atoms with Crippen LogP contribution in [0.15, 0.2) is 24.3 Å². The predicted octanol–water partition coefficient (Wildman–Crippen LogP) is 4.22. The van der Waals surface area contributed by atoms with Gasteiger partial charge in [0.2, 0.25) is 0 Å². The molecule has 0 aliphatic heterocycles. The Bertz CT molecular complexity index is 458. The Kier molecular flexibility index (Phi) is 6.21. The molecule has 0 aliphatic rings. The Hall–Kier alpha value is -1.69. The molecule has 2 nitrogen and oxygen atoms in total. The molecule has 0 saturated carbocycles. The van der Waals surface area contributed by atoms with E-state index in [0.717, 1.165) is 25.7 Å². The summed E-state index contributed by atoms with van der Waals surface area (Å²) in [5.41, 5.74) is 0.201. The summed E-state index contributed by atoms with van der Waals surface area (Å²) >= 11 is 0. The fourth-order valence-electron chi connectivity index (χ4n) is 2.36. The summed E-state index contributed by atoms with van der Waals surface area (Å²) in [4.78, 5) is 12.4. The van der Waals surface area contributed by atoms with E-state index in [0.29, 0.717) is 0 Å². The van der Waals surface area contributed by atoms with Crippen LogP contribution in [0, 0.1) is 23.1 Å². The second kappa shape index (κ2) is 7.68. The van der Waals surface area contributed by atoms with E-state index >= 15 is 0 Å². The van der Waals surface area contributed by atoms with Crippen LogP contribution < -0.4 is 0 Å². The Labute approximate surface area is 114 Å². The largest absolute Gasteiger partial charge is 0.298 e. The molecule has 0 aromatic heterocycles. The van der Waals surface area contributed by atoms with E-state index in [2.05, 4.69) is 0 Å². The monoisotopic (exact) mass is 261 g/mol. The van der Waals surface area contributed by atoms with Crippen molar-refractivity contribution < 1.29 is 9.18 Å². The van der Waals surface area contributed by atoms with Crippen LogP contribution >= 0.6 is 0 Å². The van der Waals surface area contributed by atoms with E-state index in [4.69, 9.17) is 0 Å². The predicted molar refractivity (Wildman–Crippen MR) is 73.1 cm³/mol. The zero-order valence-electron chi connectivity index (χ0n) is 11.5. The van der Waals surface area contributed by atoms with E-state index in [1.165, 1.54) is 12.1 Å². The Morgan fingerprint density at radius 2 is 1.84 bits per heavy atom. The van der Waals surface area contributed by atoms with Gasteiger partial charge in [0.25, 0.3) is 0 Å². The maximum absolute atomic E-state index is 13.7. The van der Waals surface area contributed by atoms with E-state index in [1.807, 2.05) is 19.9 Å². The molecule has 19 heavy (non-hydrogen) atoms. The van der Waals surface area contributed by atoms with E-state index in [9.17, 15) is 14.4 Å². The lowest BCUT2D eigenvalue weighted by Gasteiger charge is -2.18. The number of halogens is 1. The molecule has 0 spiro atoms. The topological polar surface area (TPSA) is 40.9 Å². The Morgan fingerprint density at radius 1 is 1.26 bits per heavy atom. The second-order valence-corrected chi connectivity index (χ2v) is 4.76. The lowest BCUT2D eigenvalue weighted by atomic mass is 9.83. The summed E-state index contributed by atoms with van der Waals surface area (Å²) in [5, 5.41) is 9.22. The van der Waals surface area contributed by atoms with Crippen LogP contribution in [0.4, 0.5) is 4.39 Å². The molecule has 0 bridgehead atoms. The molecule has 0 aliphatic carbocycles. The van der Waals surface area contributed by atoms with Crippen molar-refractivity contribution >= 4 is 5.78 Å². The third-order valence-electron chi connectivity index (χ3n) is 3.31. The van der Waals surface area contributed by atoms with Gasteiger partial charge < -0.3 is 0 Å². The molecule has 0 fully saturated rings. The van der Waals surface area contributed by atoms with Crippen LogP contribution in [0.2, 0.25) is 0 Å². The molecule has 0 heterocycles. The average molecular weight is 261 g/mol. The minimum atomic E-state index is -0.982. The summed E-state index contributed by atoms with van der Waals surface area (Å²) in [5.74, 6) is -1.74. The molecular weight excluding hydrogens is 241 g/mol. The van der Waals surface area contributed by atoms with Crippen molar-refractivity contribution in [2.75, 3.05) is 0 Å². The van der Waals surface area contributed by atoms with Gasteiger partial charge in [0.15, 0.2) is 5.78 Å². The first-order chi connectivity index (χ1) is 9.15. The van der Waals surface area contributed by atoms with Gasteiger partial charge in [-0.05, 0) is 18.9 Å². The molecule has 1 aromatic rings. The van der Waals surface area contributed by atoms with Gasteiger partial charge in [0.1, 0.15) is 11.7 Å². The zero-order valence-corrected chi connectivity index (χ0v) is 11.5. The number of hydrogen-bond acceptors (Lipinski definition) is 2. The number of nitriles is 1. The van der Waals surface area contributed by atoms with Gasteiger partial charge in [0, 0.05) is 11.5 Å². The van der Waals surface area contributed by atoms with E-state index < -0.39 is 11.7 Å². The van der Waals surface area contributed by atoms with Gasteiger partial charge >= 0.3 is 0 Å². The molecule has 0 N–H and O–H groups in total. The van der Waals surface area contributed by atoms with Gasteiger partial charge in [0.05, 0.1) is 6.07 Å². The van der Waals surface area contributed by atoms with Crippen LogP contribution in [0.25, 0.3) is 0 Å². The first kappa shape index (κ1) is 15.4. The molecular formula is C16H20FNO. The third-order valence-corrected chi connectivity index (χ3v) is 3.31. The van der Waals surface area contributed by atoms with Crippen molar-refractivity contribution in [1.82, 2.24) is 0 Å². The lowest BCUT2D eigenvalue weighted by Crippen LogP contribution is -2.22. The highest BCUT2D eigenvalue weighted by Crippen LogP contribution is 2.26. The number of rotatable bonds is 7. The van der Waals surface area contributed by atoms with E-state index in [1.54, 1.807) is 12.1 Å². The minimum Gasteiger partial charge on any atom is -0.298 e. The van der Waals surface area contributed by atoms with E-state index in [-0.39, 0.29) is 17.3 Å². The van der Waals surface area contributed by atoms with Crippen LogP contribution in [0.1, 0.15) is 51.0 Å². The van der Waals surface area contributed by atoms with Gasteiger partial charge in [-0.1, -0.05) is 44.9 Å². The number of nitrogens with zero attached hydrogens (tertiary/aromatic N) is 1.